The molecule has 0 aromatic rings. The van der Waals surface area contributed by atoms with Crippen molar-refractivity contribution in [1.29, 1.82) is 0 Å². The van der Waals surface area contributed by atoms with Crippen LogP contribution in [0.1, 0.15) is 206 Å². The second kappa shape index (κ2) is 37.2. The molecule has 0 rings (SSSR count). The van der Waals surface area contributed by atoms with Crippen LogP contribution in [0.4, 0.5) is 0 Å². The van der Waals surface area contributed by atoms with Crippen molar-refractivity contribution < 1.29 is 37.9 Å². The Balaban J connectivity index is 4.41. The Labute approximate surface area is 313 Å². The molecule has 0 heterocycles. The first kappa shape index (κ1) is 49.9. The largest absolute Gasteiger partial charge is 0.473 e. The number of nitrogens with two attached hydrogens (primary N) is 1. The number of allylic oxidation sites excluding steroid dienone is 2. The van der Waals surface area contributed by atoms with E-state index in [-0.39, 0.29) is 26.0 Å². The summed E-state index contributed by atoms with van der Waals surface area (Å²) in [6, 6.07) is 0. The average Bonchev–Trinajstić information content (AvgIpc) is 3.12. The molecular weight excluding hydrogens is 665 g/mol. The third-order valence-corrected chi connectivity index (χ3v) is 10.4. The maximum Gasteiger partial charge on any atom is 0.473 e. The third-order valence-electron chi connectivity index (χ3n) is 9.41. The number of phosphoric acid groups is 1. The fourth-order valence-corrected chi connectivity index (χ4v) is 7.19. The van der Waals surface area contributed by atoms with Crippen molar-refractivity contribution in [2.75, 3.05) is 19.8 Å². The van der Waals surface area contributed by atoms with E-state index in [2.05, 4.69) is 26.0 Å². The van der Waals surface area contributed by atoms with Crippen molar-refractivity contribution in [3.8, 4) is 0 Å². The van der Waals surface area contributed by atoms with Crippen LogP contribution in [0.3, 0.4) is 0 Å². The van der Waals surface area contributed by atoms with E-state index in [4.69, 9.17) is 19.5 Å². The zero-order valence-corrected chi connectivity index (χ0v) is 33.9. The number of ketones is 1. The molecule has 0 aliphatic carbocycles. The lowest BCUT2D eigenvalue weighted by molar-refractivity contribution is -0.161. The summed E-state index contributed by atoms with van der Waals surface area (Å²) < 4.78 is 28.0. The molecule has 0 amide bonds. The van der Waals surface area contributed by atoms with E-state index < -0.39 is 38.4 Å². The molecular formula is C41H80NO8P. The van der Waals surface area contributed by atoms with E-state index in [0.29, 0.717) is 12.8 Å². The highest BCUT2D eigenvalue weighted by molar-refractivity contribution is 7.47. The smallest absolute Gasteiger partial charge is 0.457 e. The lowest BCUT2D eigenvalue weighted by atomic mass is 10.0. The van der Waals surface area contributed by atoms with E-state index in [1.54, 1.807) is 0 Å². The predicted octanol–water partition coefficient (Wildman–Crippen LogP) is 11.2. The van der Waals surface area contributed by atoms with Crippen LogP contribution >= 0.6 is 7.82 Å². The molecule has 0 bridgehead atoms. The molecule has 0 saturated carbocycles. The minimum Gasteiger partial charge on any atom is -0.457 e. The summed E-state index contributed by atoms with van der Waals surface area (Å²) in [6.45, 7) is 3.52. The number of aliphatic hydroxyl groups is 1. The summed E-state index contributed by atoms with van der Waals surface area (Å²) in [5.74, 6) is -1.07. The van der Waals surface area contributed by atoms with Gasteiger partial charge in [0, 0.05) is 19.4 Å². The number of phosphoric ester groups is 1. The molecule has 0 radical (unpaired) electrons. The lowest BCUT2D eigenvalue weighted by Crippen LogP contribution is -2.41. The average molecular weight is 746 g/mol. The number of aliphatic hydroxyl groups excluding tert-OH is 1. The van der Waals surface area contributed by atoms with Crippen LogP contribution in [0.25, 0.3) is 0 Å². The van der Waals surface area contributed by atoms with Crippen LogP contribution in [0.2, 0.25) is 0 Å². The molecule has 10 heteroatoms. The fourth-order valence-electron chi connectivity index (χ4n) is 6.25. The molecule has 2 unspecified atom stereocenters. The number of unbranched alkanes of at least 4 members (excludes halogenated alkanes) is 25. The van der Waals surface area contributed by atoms with Crippen molar-refractivity contribution in [2.45, 2.75) is 219 Å². The molecule has 9 nitrogen and oxygen atoms in total. The molecule has 0 aromatic heterocycles. The van der Waals surface area contributed by atoms with Crippen LogP contribution in [-0.2, 0) is 27.9 Å². The first-order chi connectivity index (χ1) is 24.8. The quantitative estimate of drug-likeness (QED) is 0.0241. The number of hydrogen-bond donors (Lipinski definition) is 3. The van der Waals surface area contributed by atoms with Gasteiger partial charge in [-0.3, -0.25) is 18.6 Å². The summed E-state index contributed by atoms with van der Waals surface area (Å²) in [5.41, 5.74) is 5.39. The number of esters is 1. The molecule has 0 aromatic carbocycles. The molecule has 0 saturated heterocycles. The van der Waals surface area contributed by atoms with Crippen molar-refractivity contribution in [3.05, 3.63) is 12.2 Å². The Hall–Kier alpha value is -1.09. The third kappa shape index (κ3) is 33.2. The van der Waals surface area contributed by atoms with Crippen LogP contribution in [0, 0.1) is 0 Å². The minimum atomic E-state index is -4.67. The van der Waals surface area contributed by atoms with Crippen LogP contribution in [0.5, 0.6) is 0 Å². The SMILES string of the molecule is CCCCCCCC/C=C\CCCCCCCC(=O)O[C@@H](CO)C(OP(=O)(O)OCCN)C(=O)CCCCCCCCCCCCCCCCC. The van der Waals surface area contributed by atoms with Gasteiger partial charge in [-0.1, -0.05) is 167 Å². The van der Waals surface area contributed by atoms with Gasteiger partial charge in [-0.25, -0.2) is 4.57 Å². The topological polar surface area (TPSA) is 145 Å². The number of ether oxygens (including phenoxy) is 1. The zero-order chi connectivity index (χ0) is 37.7. The Kier molecular flexibility index (Phi) is 36.4. The Morgan fingerprint density at radius 1 is 0.627 bits per heavy atom. The summed E-state index contributed by atoms with van der Waals surface area (Å²) in [6.07, 6.45) is 34.7. The number of carbonyl (C=O) groups excluding carboxylic acids is 2. The first-order valence-corrected chi connectivity index (χ1v) is 22.6. The van der Waals surface area contributed by atoms with Gasteiger partial charge >= 0.3 is 13.8 Å². The second-order valence-corrected chi connectivity index (χ2v) is 15.7. The standard InChI is InChI=1S/C41H80NO8P/c1-3-5-7-9-11-13-15-17-19-21-23-25-27-29-31-33-38(44)41(50-51(46,47)48-36-35-42)39(37-43)49-40(45)34-32-30-28-26-24-22-20-18-16-14-12-10-8-6-4-2/h18,20,39,41,43H,3-17,19,21-37,42H2,1-2H3,(H,46,47)/b20-18-/t39-,41?/m0/s1. The number of hydrogen-bond acceptors (Lipinski definition) is 8. The van der Waals surface area contributed by atoms with Crippen LogP contribution in [0.15, 0.2) is 12.2 Å². The van der Waals surface area contributed by atoms with Gasteiger partial charge in [-0.15, -0.1) is 0 Å². The Morgan fingerprint density at radius 2 is 1.02 bits per heavy atom. The molecule has 4 N–H and O–H groups in total. The second-order valence-electron chi connectivity index (χ2n) is 14.3. The lowest BCUT2D eigenvalue weighted by Gasteiger charge is -2.26. The van der Waals surface area contributed by atoms with Gasteiger partial charge in [0.1, 0.15) is 0 Å². The van der Waals surface area contributed by atoms with E-state index >= 15 is 0 Å². The van der Waals surface area contributed by atoms with Crippen molar-refractivity contribution >= 4 is 19.6 Å². The summed E-state index contributed by atoms with van der Waals surface area (Å²) in [5, 5.41) is 10.0. The van der Waals surface area contributed by atoms with Gasteiger partial charge in [0.25, 0.3) is 0 Å². The molecule has 0 spiro atoms. The Morgan fingerprint density at radius 3 is 1.43 bits per heavy atom. The van der Waals surface area contributed by atoms with Gasteiger partial charge in [0.2, 0.25) is 0 Å². The summed E-state index contributed by atoms with van der Waals surface area (Å²) in [4.78, 5) is 36.0. The summed E-state index contributed by atoms with van der Waals surface area (Å²) >= 11 is 0. The van der Waals surface area contributed by atoms with Gasteiger partial charge in [0.05, 0.1) is 13.2 Å². The fraction of sp³-hybridized carbons (Fsp3) is 0.902. The molecule has 0 aliphatic heterocycles. The molecule has 3 atom stereocenters. The van der Waals surface area contributed by atoms with Crippen molar-refractivity contribution in [2.24, 2.45) is 5.73 Å². The molecule has 302 valence electrons. The van der Waals surface area contributed by atoms with E-state index in [0.717, 1.165) is 57.8 Å². The monoisotopic (exact) mass is 746 g/mol. The van der Waals surface area contributed by atoms with Crippen LogP contribution < -0.4 is 5.73 Å². The normalized spacial score (nSPS) is 14.1. The highest BCUT2D eigenvalue weighted by Gasteiger charge is 2.38. The molecule has 51 heavy (non-hydrogen) atoms. The highest BCUT2D eigenvalue weighted by atomic mass is 31.2. The molecule has 0 aliphatic rings. The first-order valence-electron chi connectivity index (χ1n) is 21.1. The van der Waals surface area contributed by atoms with Crippen molar-refractivity contribution in [1.82, 2.24) is 0 Å². The van der Waals surface area contributed by atoms with Gasteiger partial charge < -0.3 is 20.5 Å². The molecule has 0 fully saturated rings. The van der Waals surface area contributed by atoms with Crippen LogP contribution in [-0.4, -0.2) is 53.7 Å². The van der Waals surface area contributed by atoms with Gasteiger partial charge in [-0.05, 0) is 38.5 Å². The Bertz CT molecular complexity index is 871. The number of rotatable bonds is 40. The summed E-state index contributed by atoms with van der Waals surface area (Å²) in [7, 11) is -4.67. The number of Topliss-reactive ketones (excluding diaryl/α,β-unsaturated/α-hetero) is 1. The highest BCUT2D eigenvalue weighted by Crippen LogP contribution is 2.45. The van der Waals surface area contributed by atoms with Gasteiger partial charge in [-0.2, -0.15) is 0 Å². The zero-order valence-electron chi connectivity index (χ0n) is 33.0. The van der Waals surface area contributed by atoms with E-state index in [9.17, 15) is 24.2 Å². The predicted molar refractivity (Wildman–Crippen MR) is 211 cm³/mol. The minimum absolute atomic E-state index is 0.0139. The maximum absolute atomic E-state index is 13.2. The van der Waals surface area contributed by atoms with E-state index in [1.807, 2.05) is 0 Å². The van der Waals surface area contributed by atoms with Gasteiger partial charge in [0.15, 0.2) is 18.0 Å². The van der Waals surface area contributed by atoms with E-state index in [1.165, 1.54) is 109 Å². The number of carbonyl (C=O) groups is 2. The van der Waals surface area contributed by atoms with Crippen molar-refractivity contribution in [3.63, 3.8) is 0 Å². The maximum atomic E-state index is 13.2.